The van der Waals surface area contributed by atoms with Crippen molar-refractivity contribution in [2.45, 2.75) is 13.3 Å². The second-order valence-corrected chi connectivity index (χ2v) is 4.95. The van der Waals surface area contributed by atoms with Crippen molar-refractivity contribution < 1.29 is 27.9 Å². The van der Waals surface area contributed by atoms with Crippen molar-refractivity contribution in [3.63, 3.8) is 0 Å². The van der Waals surface area contributed by atoms with E-state index >= 15 is 0 Å². The van der Waals surface area contributed by atoms with E-state index in [1.54, 1.807) is 4.72 Å². The molecule has 1 rings (SSSR count). The van der Waals surface area contributed by atoms with Gasteiger partial charge in [-0.25, -0.2) is 9.52 Å². The Bertz CT molecular complexity index is 584. The molecule has 10 heteroatoms. The van der Waals surface area contributed by atoms with Gasteiger partial charge in [-0.1, -0.05) is 0 Å². The van der Waals surface area contributed by atoms with Crippen molar-refractivity contribution in [1.82, 2.24) is 9.71 Å². The molecule has 3 N–H and O–H groups in total. The van der Waals surface area contributed by atoms with Crippen LogP contribution in [0.2, 0.25) is 0 Å². The molecule has 0 spiro atoms. The summed E-state index contributed by atoms with van der Waals surface area (Å²) in [4.78, 5) is 25.2. The summed E-state index contributed by atoms with van der Waals surface area (Å²) in [6.45, 7) is 1.57. The number of rotatable bonds is 6. The average Bonchev–Trinajstić information content (AvgIpc) is 2.30. The maximum absolute atomic E-state index is 11.5. The van der Waals surface area contributed by atoms with E-state index in [9.17, 15) is 18.0 Å². The van der Waals surface area contributed by atoms with E-state index in [0.29, 0.717) is 0 Å². The molecule has 0 fully saturated rings. The molecule has 0 aromatic carbocycles. The minimum absolute atomic E-state index is 0.0345. The Morgan fingerprint density at radius 3 is 2.60 bits per heavy atom. The quantitative estimate of drug-likeness (QED) is 0.678. The van der Waals surface area contributed by atoms with Crippen molar-refractivity contribution in [3.05, 3.63) is 24.0 Å². The number of aliphatic carboxylic acids is 1. The molecule has 1 aromatic rings. The Labute approximate surface area is 115 Å². The van der Waals surface area contributed by atoms with Gasteiger partial charge in [0.2, 0.25) is 0 Å². The molecule has 0 saturated carbocycles. The molecule has 0 atom stereocenters. The minimum Gasteiger partial charge on any atom is -0.481 e. The Hall–Kier alpha value is -2.36. The van der Waals surface area contributed by atoms with E-state index in [-0.39, 0.29) is 24.4 Å². The second-order valence-electron chi connectivity index (χ2n) is 3.54. The molecule has 0 aliphatic rings. The summed E-state index contributed by atoms with van der Waals surface area (Å²) >= 11 is 0. The number of anilines is 1. The molecule has 0 unspecified atom stereocenters. The van der Waals surface area contributed by atoms with Crippen LogP contribution in [-0.2, 0) is 26.2 Å². The zero-order valence-electron chi connectivity index (χ0n) is 10.5. The lowest BCUT2D eigenvalue weighted by atomic mass is 10.3. The molecule has 0 saturated heterocycles. The van der Waals surface area contributed by atoms with Crippen LogP contribution in [0.3, 0.4) is 0 Å². The molecule has 110 valence electrons. The van der Waals surface area contributed by atoms with Crippen LogP contribution < -0.4 is 9.44 Å². The monoisotopic (exact) mass is 303 g/mol. The Balaban J connectivity index is 2.68. The number of hydrogen-bond acceptors (Lipinski definition) is 6. The van der Waals surface area contributed by atoms with Crippen LogP contribution in [0, 0.1) is 0 Å². The van der Waals surface area contributed by atoms with Crippen LogP contribution in [-0.4, -0.2) is 37.2 Å². The fraction of sp³-hybridized carbons (Fsp3) is 0.300. The van der Waals surface area contributed by atoms with Crippen LogP contribution in [0.15, 0.2) is 18.3 Å². The van der Waals surface area contributed by atoms with Gasteiger partial charge in [0.25, 0.3) is 0 Å². The topological polar surface area (TPSA) is 135 Å². The van der Waals surface area contributed by atoms with E-state index in [4.69, 9.17) is 5.11 Å². The lowest BCUT2D eigenvalue weighted by Gasteiger charge is -2.09. The zero-order valence-corrected chi connectivity index (χ0v) is 11.3. The van der Waals surface area contributed by atoms with E-state index in [1.807, 2.05) is 4.72 Å². The van der Waals surface area contributed by atoms with Crippen LogP contribution >= 0.6 is 0 Å². The van der Waals surface area contributed by atoms with Crippen LogP contribution in [0.5, 0.6) is 0 Å². The highest BCUT2D eigenvalue weighted by molar-refractivity contribution is 7.91. The normalized spacial score (nSPS) is 10.7. The number of ether oxygens (including phenoxy) is 1. The first-order valence-electron chi connectivity index (χ1n) is 5.46. The highest BCUT2D eigenvalue weighted by Crippen LogP contribution is 2.08. The van der Waals surface area contributed by atoms with E-state index in [0.717, 1.165) is 6.20 Å². The molecule has 0 radical (unpaired) electrons. The molecule has 1 heterocycles. The van der Waals surface area contributed by atoms with E-state index < -0.39 is 22.3 Å². The first-order chi connectivity index (χ1) is 9.32. The van der Waals surface area contributed by atoms with Gasteiger partial charge in [0.05, 0.1) is 30.6 Å². The summed E-state index contributed by atoms with van der Waals surface area (Å²) in [5, 5.41) is 8.56. The number of nitrogens with zero attached hydrogens (tertiary/aromatic N) is 1. The predicted molar refractivity (Wildman–Crippen MR) is 68.3 cm³/mol. The van der Waals surface area contributed by atoms with Crippen LogP contribution in [0.4, 0.5) is 10.5 Å². The Kier molecular flexibility index (Phi) is 5.26. The van der Waals surface area contributed by atoms with Gasteiger partial charge >= 0.3 is 22.3 Å². The molecular formula is C10H13N3O6S. The van der Waals surface area contributed by atoms with Gasteiger partial charge in [-0.3, -0.25) is 14.5 Å². The number of carboxylic acid groups (broad SMARTS) is 1. The number of nitrogens with one attached hydrogen (secondary N) is 2. The molecule has 0 aliphatic carbocycles. The molecule has 0 aliphatic heterocycles. The SMILES string of the molecule is CCOC(=O)NS(=O)(=O)Nc1ccc(CC(=O)O)nc1. The summed E-state index contributed by atoms with van der Waals surface area (Å²) in [6, 6.07) is 2.69. The molecule has 1 aromatic heterocycles. The number of carbonyl (C=O) groups is 2. The number of pyridine rings is 1. The van der Waals surface area contributed by atoms with Gasteiger partial charge in [0.1, 0.15) is 0 Å². The third-order valence-electron chi connectivity index (χ3n) is 1.90. The second kappa shape index (κ2) is 6.70. The smallest absolute Gasteiger partial charge is 0.422 e. The molecule has 0 bridgehead atoms. The van der Waals surface area contributed by atoms with E-state index in [2.05, 4.69) is 9.72 Å². The fourth-order valence-corrected chi connectivity index (χ4v) is 1.96. The predicted octanol–water partition coefficient (Wildman–Crippen LogP) is 0.111. The number of hydrogen-bond donors (Lipinski definition) is 3. The third kappa shape index (κ3) is 5.52. The molecule has 20 heavy (non-hydrogen) atoms. The first kappa shape index (κ1) is 15.7. The third-order valence-corrected chi connectivity index (χ3v) is 2.84. The van der Waals surface area contributed by atoms with Gasteiger partial charge in [0.15, 0.2) is 0 Å². The Morgan fingerprint density at radius 1 is 1.40 bits per heavy atom. The van der Waals surface area contributed by atoms with Crippen LogP contribution in [0.25, 0.3) is 0 Å². The number of aromatic nitrogens is 1. The maximum Gasteiger partial charge on any atom is 0.422 e. The van der Waals surface area contributed by atoms with Crippen molar-refractivity contribution in [2.75, 3.05) is 11.3 Å². The molecular weight excluding hydrogens is 290 g/mol. The van der Waals surface area contributed by atoms with E-state index in [1.165, 1.54) is 19.1 Å². The summed E-state index contributed by atoms with van der Waals surface area (Å²) in [6.07, 6.45) is -0.230. The maximum atomic E-state index is 11.5. The minimum atomic E-state index is -4.12. The molecule has 9 nitrogen and oxygen atoms in total. The number of carboxylic acids is 1. The first-order valence-corrected chi connectivity index (χ1v) is 6.94. The van der Waals surface area contributed by atoms with Crippen LogP contribution in [0.1, 0.15) is 12.6 Å². The average molecular weight is 303 g/mol. The van der Waals surface area contributed by atoms with Crippen molar-refractivity contribution in [1.29, 1.82) is 0 Å². The van der Waals surface area contributed by atoms with Crippen molar-refractivity contribution in [3.8, 4) is 0 Å². The lowest BCUT2D eigenvalue weighted by molar-refractivity contribution is -0.136. The standard InChI is InChI=1S/C10H13N3O6S/c1-2-19-10(16)13-20(17,18)12-8-4-3-7(11-6-8)5-9(14)15/h3-4,6,12H,2,5H2,1H3,(H,13,16)(H,14,15). The van der Waals surface area contributed by atoms with Crippen molar-refractivity contribution >= 4 is 28.0 Å². The zero-order chi connectivity index (χ0) is 15.2. The van der Waals surface area contributed by atoms with Gasteiger partial charge in [-0.15, -0.1) is 0 Å². The largest absolute Gasteiger partial charge is 0.481 e. The van der Waals surface area contributed by atoms with Gasteiger partial charge in [-0.05, 0) is 19.1 Å². The number of amides is 1. The summed E-state index contributed by atoms with van der Waals surface area (Å²) < 4.78 is 31.1. The summed E-state index contributed by atoms with van der Waals surface area (Å²) in [5.41, 5.74) is 0.356. The summed E-state index contributed by atoms with van der Waals surface area (Å²) in [7, 11) is -4.12. The summed E-state index contributed by atoms with van der Waals surface area (Å²) in [5.74, 6) is -1.05. The Morgan fingerprint density at radius 2 is 2.10 bits per heavy atom. The molecule has 1 amide bonds. The highest BCUT2D eigenvalue weighted by atomic mass is 32.2. The number of carbonyl (C=O) groups excluding carboxylic acids is 1. The van der Waals surface area contributed by atoms with Gasteiger partial charge < -0.3 is 9.84 Å². The lowest BCUT2D eigenvalue weighted by Crippen LogP contribution is -2.35. The van der Waals surface area contributed by atoms with Crippen molar-refractivity contribution in [2.24, 2.45) is 0 Å². The van der Waals surface area contributed by atoms with Gasteiger partial charge in [-0.2, -0.15) is 8.42 Å². The van der Waals surface area contributed by atoms with Gasteiger partial charge in [0, 0.05) is 0 Å². The fourth-order valence-electron chi connectivity index (χ4n) is 1.20. The highest BCUT2D eigenvalue weighted by Gasteiger charge is 2.15.